The summed E-state index contributed by atoms with van der Waals surface area (Å²) in [5.74, 6) is 0. The van der Waals surface area contributed by atoms with Gasteiger partial charge >= 0.3 is 0 Å². The van der Waals surface area contributed by atoms with Gasteiger partial charge in [-0.15, -0.1) is 0 Å². The second-order valence-corrected chi connectivity index (χ2v) is 26.2. The molecule has 1 saturated carbocycles. The second kappa shape index (κ2) is 14.6. The van der Waals surface area contributed by atoms with E-state index in [1.807, 2.05) is 0 Å². The summed E-state index contributed by atoms with van der Waals surface area (Å²) in [4.78, 5) is 8.45. The first-order valence-corrected chi connectivity index (χ1v) is 27.0. The normalized spacial score (nSPS) is 24.7. The van der Waals surface area contributed by atoms with Gasteiger partial charge in [0, 0.05) is 50.6 Å². The molecule has 358 valence electrons. The van der Waals surface area contributed by atoms with Crippen LogP contribution in [0.15, 0.2) is 146 Å². The summed E-state index contributed by atoms with van der Waals surface area (Å²) >= 11 is 0. The van der Waals surface area contributed by atoms with E-state index in [2.05, 4.69) is 243 Å². The number of rotatable bonds is 3. The van der Waals surface area contributed by atoms with Crippen molar-refractivity contribution in [2.24, 2.45) is 0 Å². The van der Waals surface area contributed by atoms with Crippen molar-refractivity contribution < 1.29 is 0 Å². The standard InChI is InChI=1S/C67H72BN3/c1-61(2,3)44-28-31-48(32-29-44)69-56-33-30-46(62(4,5)6)39-53(56)68-54-40-47(63(7,8)9)38-52-60(54)71(66(12)50-25-17-16-22-43(50)34-37-64(52,66)10)58-42-49(41-57(69)59(58)68)70-55-27-19-18-26-51(55)67(45-23-14-13-15-24-45)36-21-20-35-65(67,70)11/h13-19,22-33,38-42H,20-21,34-37H2,1-12H3. The SMILES string of the molecule is CC(C)(C)c1ccc(N2c3ccc(C(C)(C)C)cc3B3c4cc(C(C)(C)C)cc5c4N(c4cc(N6c7ccccc7C7(c8ccccc8)CCCCC67C)cc2c43)C2(C)c3ccccc3CCC52C)cc1. The molecule has 4 atom stereocenters. The fourth-order valence-electron chi connectivity index (χ4n) is 15.4. The van der Waals surface area contributed by atoms with Crippen LogP contribution in [0.25, 0.3) is 0 Å². The lowest BCUT2D eigenvalue weighted by Gasteiger charge is -2.54. The Balaban J connectivity index is 1.18. The van der Waals surface area contributed by atoms with Crippen LogP contribution in [0.5, 0.6) is 0 Å². The average molecular weight is 930 g/mol. The Bertz CT molecular complexity index is 3350. The number of para-hydroxylation sites is 1. The van der Waals surface area contributed by atoms with Crippen molar-refractivity contribution in [3.63, 3.8) is 0 Å². The van der Waals surface area contributed by atoms with E-state index in [9.17, 15) is 0 Å². The van der Waals surface area contributed by atoms with E-state index in [0.29, 0.717) is 0 Å². The average Bonchev–Trinajstić information content (AvgIpc) is 3.72. The Morgan fingerprint density at radius 2 is 1.08 bits per heavy atom. The zero-order valence-electron chi connectivity index (χ0n) is 44.5. The molecule has 3 nitrogen and oxygen atoms in total. The summed E-state index contributed by atoms with van der Waals surface area (Å²) < 4.78 is 0. The molecular weight excluding hydrogens is 858 g/mol. The van der Waals surface area contributed by atoms with Crippen molar-refractivity contribution >= 4 is 62.9 Å². The van der Waals surface area contributed by atoms with Crippen LogP contribution in [-0.4, -0.2) is 12.3 Å². The fraction of sp³-hybridized carbons (Fsp3) is 0.373. The highest BCUT2D eigenvalue weighted by Gasteiger charge is 2.65. The minimum atomic E-state index is -0.356. The molecule has 1 fully saturated rings. The van der Waals surface area contributed by atoms with Crippen LogP contribution in [0, 0.1) is 0 Å². The summed E-state index contributed by atoms with van der Waals surface area (Å²) in [6.45, 7) is 29.3. The first-order chi connectivity index (χ1) is 33.7. The van der Waals surface area contributed by atoms with E-state index in [-0.39, 0.29) is 44.9 Å². The third-order valence-electron chi connectivity index (χ3n) is 19.4. The van der Waals surface area contributed by atoms with Gasteiger partial charge in [0.15, 0.2) is 0 Å². The lowest BCUT2D eigenvalue weighted by Crippen LogP contribution is -2.64. The minimum absolute atomic E-state index is 0.0272. The summed E-state index contributed by atoms with van der Waals surface area (Å²) in [7, 11) is 0. The molecule has 0 saturated heterocycles. The Labute approximate surface area is 425 Å². The predicted octanol–water partition coefficient (Wildman–Crippen LogP) is 15.2. The molecule has 0 amide bonds. The van der Waals surface area contributed by atoms with Crippen LogP contribution in [0.2, 0.25) is 0 Å². The Kier molecular flexibility index (Phi) is 9.22. The number of nitrogens with zero attached hydrogens (tertiary/aromatic N) is 3. The number of hydrogen-bond acceptors (Lipinski definition) is 3. The Morgan fingerprint density at radius 1 is 0.465 bits per heavy atom. The van der Waals surface area contributed by atoms with E-state index < -0.39 is 0 Å². The first-order valence-electron chi connectivity index (χ1n) is 27.0. The maximum Gasteiger partial charge on any atom is 0.252 e. The van der Waals surface area contributed by atoms with Crippen molar-refractivity contribution in [1.82, 2.24) is 0 Å². The van der Waals surface area contributed by atoms with Gasteiger partial charge in [-0.2, -0.15) is 0 Å². The molecule has 13 rings (SSSR count). The van der Waals surface area contributed by atoms with Gasteiger partial charge < -0.3 is 14.7 Å². The number of aryl methyl sites for hydroxylation is 1. The molecule has 0 aromatic heterocycles. The predicted molar refractivity (Wildman–Crippen MR) is 303 cm³/mol. The van der Waals surface area contributed by atoms with Crippen LogP contribution >= 0.6 is 0 Å². The molecule has 0 radical (unpaired) electrons. The number of benzene rings is 7. The topological polar surface area (TPSA) is 9.72 Å². The molecule has 0 N–H and O–H groups in total. The third-order valence-corrected chi connectivity index (χ3v) is 19.4. The van der Waals surface area contributed by atoms with Gasteiger partial charge in [-0.1, -0.05) is 191 Å². The summed E-state index contributed by atoms with van der Waals surface area (Å²) in [5.41, 5.74) is 24.2. The van der Waals surface area contributed by atoms with Crippen molar-refractivity contribution in [2.45, 2.75) is 160 Å². The van der Waals surface area contributed by atoms with Gasteiger partial charge in [-0.3, -0.25) is 0 Å². The Morgan fingerprint density at radius 3 is 1.80 bits per heavy atom. The molecular formula is C67H72BN3. The van der Waals surface area contributed by atoms with Crippen molar-refractivity contribution in [3.05, 3.63) is 190 Å². The molecule has 4 heteroatoms. The number of fused-ring (bicyclic) bond motifs is 12. The molecule has 7 aromatic carbocycles. The lowest BCUT2D eigenvalue weighted by atomic mass is 9.33. The smallest absolute Gasteiger partial charge is 0.252 e. The zero-order valence-corrected chi connectivity index (χ0v) is 44.5. The van der Waals surface area contributed by atoms with Crippen LogP contribution in [0.1, 0.15) is 160 Å². The molecule has 7 aromatic rings. The van der Waals surface area contributed by atoms with E-state index in [1.165, 1.54) is 114 Å². The summed E-state index contributed by atoms with van der Waals surface area (Å²) in [6.07, 6.45) is 6.83. The fourth-order valence-corrected chi connectivity index (χ4v) is 15.4. The molecule has 71 heavy (non-hydrogen) atoms. The maximum absolute atomic E-state index is 2.93. The first kappa shape index (κ1) is 44.9. The van der Waals surface area contributed by atoms with Gasteiger partial charge in [0.1, 0.15) is 0 Å². The van der Waals surface area contributed by atoms with Gasteiger partial charge in [-0.25, -0.2) is 0 Å². The monoisotopic (exact) mass is 930 g/mol. The van der Waals surface area contributed by atoms with Crippen molar-refractivity contribution in [3.8, 4) is 0 Å². The lowest BCUT2D eigenvalue weighted by molar-refractivity contribution is 0.215. The molecule has 2 aliphatic carbocycles. The van der Waals surface area contributed by atoms with Gasteiger partial charge in [0.2, 0.25) is 0 Å². The summed E-state index contributed by atoms with van der Waals surface area (Å²) in [6, 6.07) is 58.3. The Hall–Kier alpha value is -6.00. The summed E-state index contributed by atoms with van der Waals surface area (Å²) in [5, 5.41) is 0. The molecule has 0 bridgehead atoms. The third kappa shape index (κ3) is 5.80. The largest absolute Gasteiger partial charge is 0.334 e. The van der Waals surface area contributed by atoms with E-state index in [1.54, 1.807) is 0 Å². The quantitative estimate of drug-likeness (QED) is 0.164. The minimum Gasteiger partial charge on any atom is -0.334 e. The van der Waals surface area contributed by atoms with Crippen molar-refractivity contribution in [2.75, 3.05) is 14.7 Å². The second-order valence-electron chi connectivity index (χ2n) is 26.2. The van der Waals surface area contributed by atoms with Crippen LogP contribution in [-0.2, 0) is 39.0 Å². The molecule has 0 spiro atoms. The van der Waals surface area contributed by atoms with Gasteiger partial charge in [0.05, 0.1) is 11.1 Å². The van der Waals surface area contributed by atoms with E-state index in [4.69, 9.17) is 0 Å². The molecule has 4 unspecified atom stereocenters. The molecule has 6 aliphatic rings. The number of hydrogen-bond donors (Lipinski definition) is 0. The maximum atomic E-state index is 2.93. The highest BCUT2D eigenvalue weighted by molar-refractivity contribution is 7.00. The van der Waals surface area contributed by atoms with E-state index in [0.717, 1.165) is 25.7 Å². The molecule has 4 aliphatic heterocycles. The molecule has 4 heterocycles. The van der Waals surface area contributed by atoms with Crippen LogP contribution in [0.3, 0.4) is 0 Å². The van der Waals surface area contributed by atoms with Crippen LogP contribution in [0.4, 0.5) is 39.8 Å². The van der Waals surface area contributed by atoms with Gasteiger partial charge in [0.25, 0.3) is 6.71 Å². The highest BCUT2D eigenvalue weighted by Crippen LogP contribution is 2.67. The van der Waals surface area contributed by atoms with Crippen LogP contribution < -0.4 is 31.1 Å². The number of anilines is 7. The highest BCUT2D eigenvalue weighted by atomic mass is 15.3. The van der Waals surface area contributed by atoms with Crippen molar-refractivity contribution in [1.29, 1.82) is 0 Å². The van der Waals surface area contributed by atoms with E-state index >= 15 is 0 Å². The van der Waals surface area contributed by atoms with Gasteiger partial charge in [-0.05, 0) is 153 Å². The zero-order chi connectivity index (χ0) is 49.4.